The highest BCUT2D eigenvalue weighted by Gasteiger charge is 1.96. The molecule has 2 nitrogen and oxygen atoms in total. The fourth-order valence-electron chi connectivity index (χ4n) is 0.765. The summed E-state index contributed by atoms with van der Waals surface area (Å²) in [5.74, 6) is 0.451. The summed E-state index contributed by atoms with van der Waals surface area (Å²) in [5, 5.41) is 0. The molecule has 3 heteroatoms. The van der Waals surface area contributed by atoms with E-state index in [1.54, 1.807) is 6.20 Å². The molecular formula is C7H9ClN2. The lowest BCUT2D eigenvalue weighted by Gasteiger charge is -1.99. The van der Waals surface area contributed by atoms with Gasteiger partial charge in [-0.05, 0) is 18.6 Å². The Balaban J connectivity index is 3.07. The zero-order chi connectivity index (χ0) is 7.56. The Hall–Kier alpha value is -0.760. The van der Waals surface area contributed by atoms with Gasteiger partial charge in [-0.25, -0.2) is 0 Å². The first-order valence-electron chi connectivity index (χ1n) is 3.01. The van der Waals surface area contributed by atoms with Gasteiger partial charge in [-0.3, -0.25) is 4.98 Å². The quantitative estimate of drug-likeness (QED) is 0.629. The van der Waals surface area contributed by atoms with Crippen molar-refractivity contribution in [2.45, 2.75) is 12.8 Å². The first-order valence-corrected chi connectivity index (χ1v) is 3.54. The first-order chi connectivity index (χ1) is 4.74. The predicted octanol–water partition coefficient (Wildman–Crippen LogP) is 1.71. The van der Waals surface area contributed by atoms with Crippen LogP contribution in [0.4, 0.5) is 5.69 Å². The van der Waals surface area contributed by atoms with Gasteiger partial charge in [0.15, 0.2) is 0 Å². The van der Waals surface area contributed by atoms with Gasteiger partial charge in [-0.15, -0.1) is 11.6 Å². The highest BCUT2D eigenvalue weighted by Crippen LogP contribution is 2.10. The molecule has 1 heterocycles. The molecule has 0 aliphatic rings. The number of anilines is 1. The zero-order valence-corrected chi connectivity index (χ0v) is 6.52. The van der Waals surface area contributed by atoms with Crippen molar-refractivity contribution in [3.05, 3.63) is 23.5 Å². The maximum atomic E-state index is 5.58. The number of rotatable bonds is 1. The number of hydrogen-bond acceptors (Lipinski definition) is 2. The van der Waals surface area contributed by atoms with Gasteiger partial charge < -0.3 is 5.73 Å². The third-order valence-electron chi connectivity index (χ3n) is 1.33. The maximum Gasteiger partial charge on any atom is 0.0650 e. The predicted molar refractivity (Wildman–Crippen MR) is 42.9 cm³/mol. The molecule has 2 N–H and O–H groups in total. The Kier molecular flexibility index (Phi) is 2.12. The first kappa shape index (κ1) is 7.35. The van der Waals surface area contributed by atoms with Crippen LogP contribution in [0, 0.1) is 6.92 Å². The van der Waals surface area contributed by atoms with E-state index < -0.39 is 0 Å². The van der Waals surface area contributed by atoms with Gasteiger partial charge in [0.1, 0.15) is 0 Å². The second kappa shape index (κ2) is 2.88. The zero-order valence-electron chi connectivity index (χ0n) is 5.76. The lowest BCUT2D eigenvalue weighted by molar-refractivity contribution is 1.13. The van der Waals surface area contributed by atoms with Gasteiger partial charge in [0.25, 0.3) is 0 Å². The number of nitrogens with zero attached hydrogens (tertiary/aromatic N) is 1. The highest BCUT2D eigenvalue weighted by molar-refractivity contribution is 6.17. The van der Waals surface area contributed by atoms with Crippen LogP contribution in [-0.4, -0.2) is 4.98 Å². The number of nitrogens with two attached hydrogens (primary N) is 1. The summed E-state index contributed by atoms with van der Waals surface area (Å²) in [6, 6.07) is 1.87. The number of nitrogen functional groups attached to an aromatic ring is 1. The van der Waals surface area contributed by atoms with Crippen molar-refractivity contribution < 1.29 is 0 Å². The molecule has 0 bridgehead atoms. The molecular weight excluding hydrogens is 148 g/mol. The van der Waals surface area contributed by atoms with Gasteiger partial charge in [-0.1, -0.05) is 0 Å². The van der Waals surface area contributed by atoms with Gasteiger partial charge >= 0.3 is 0 Å². The van der Waals surface area contributed by atoms with Gasteiger partial charge in [0, 0.05) is 0 Å². The lowest BCUT2D eigenvalue weighted by atomic mass is 10.2. The summed E-state index contributed by atoms with van der Waals surface area (Å²) in [5.41, 5.74) is 8.11. The standard InChI is InChI=1S/C7H9ClN2/c1-5-2-6(9)4-10-7(5)3-8/h2,4H,3,9H2,1H3. The van der Waals surface area contributed by atoms with E-state index in [1.165, 1.54) is 0 Å². The summed E-state index contributed by atoms with van der Waals surface area (Å²) in [6.07, 6.45) is 1.62. The van der Waals surface area contributed by atoms with Crippen LogP contribution >= 0.6 is 11.6 Å². The smallest absolute Gasteiger partial charge is 0.0650 e. The second-order valence-corrected chi connectivity index (χ2v) is 2.43. The fraction of sp³-hybridized carbons (Fsp3) is 0.286. The minimum atomic E-state index is 0.451. The van der Waals surface area contributed by atoms with Crippen LogP contribution in [0.15, 0.2) is 12.3 Å². The third kappa shape index (κ3) is 1.39. The monoisotopic (exact) mass is 156 g/mol. The van der Waals surface area contributed by atoms with Crippen LogP contribution in [0.25, 0.3) is 0 Å². The molecule has 54 valence electrons. The van der Waals surface area contributed by atoms with E-state index in [0.29, 0.717) is 11.6 Å². The van der Waals surface area contributed by atoms with E-state index in [2.05, 4.69) is 4.98 Å². The molecule has 0 aliphatic carbocycles. The normalized spacial score (nSPS) is 9.80. The maximum absolute atomic E-state index is 5.58. The highest BCUT2D eigenvalue weighted by atomic mass is 35.5. The minimum Gasteiger partial charge on any atom is -0.397 e. The van der Waals surface area contributed by atoms with Crippen molar-refractivity contribution in [3.63, 3.8) is 0 Å². The number of aryl methyl sites for hydroxylation is 1. The van der Waals surface area contributed by atoms with Crippen LogP contribution in [0.2, 0.25) is 0 Å². The summed E-state index contributed by atoms with van der Waals surface area (Å²) < 4.78 is 0. The molecule has 0 unspecified atom stereocenters. The molecule has 1 aromatic rings. The van der Waals surface area contributed by atoms with Crippen molar-refractivity contribution in [2.75, 3.05) is 5.73 Å². The molecule has 0 atom stereocenters. The van der Waals surface area contributed by atoms with Crippen LogP contribution in [0.3, 0.4) is 0 Å². The molecule has 0 amide bonds. The van der Waals surface area contributed by atoms with Crippen LogP contribution in [0.5, 0.6) is 0 Å². The number of halogens is 1. The summed E-state index contributed by atoms with van der Waals surface area (Å²) >= 11 is 5.58. The Morgan fingerprint density at radius 1 is 1.70 bits per heavy atom. The molecule has 0 spiro atoms. The van der Waals surface area contributed by atoms with E-state index >= 15 is 0 Å². The Bertz CT molecular complexity index is 235. The molecule has 1 aromatic heterocycles. The van der Waals surface area contributed by atoms with E-state index in [9.17, 15) is 0 Å². The molecule has 0 aliphatic heterocycles. The number of hydrogen-bond donors (Lipinski definition) is 1. The Morgan fingerprint density at radius 3 is 2.90 bits per heavy atom. The van der Waals surface area contributed by atoms with Gasteiger partial charge in [0.05, 0.1) is 23.5 Å². The second-order valence-electron chi connectivity index (χ2n) is 2.17. The minimum absolute atomic E-state index is 0.451. The van der Waals surface area contributed by atoms with Crippen molar-refractivity contribution in [2.24, 2.45) is 0 Å². The molecule has 0 saturated heterocycles. The molecule has 1 rings (SSSR count). The molecule has 0 saturated carbocycles. The summed E-state index contributed by atoms with van der Waals surface area (Å²) in [6.45, 7) is 1.95. The largest absolute Gasteiger partial charge is 0.397 e. The van der Waals surface area contributed by atoms with Crippen LogP contribution in [0.1, 0.15) is 11.3 Å². The Labute approximate surface area is 65.0 Å². The topological polar surface area (TPSA) is 38.9 Å². The fourth-order valence-corrected chi connectivity index (χ4v) is 1.04. The van der Waals surface area contributed by atoms with Crippen molar-refractivity contribution in [3.8, 4) is 0 Å². The summed E-state index contributed by atoms with van der Waals surface area (Å²) in [4.78, 5) is 4.04. The number of alkyl halides is 1. The van der Waals surface area contributed by atoms with Crippen molar-refractivity contribution in [1.29, 1.82) is 0 Å². The molecule has 0 aromatic carbocycles. The van der Waals surface area contributed by atoms with E-state index in [1.807, 2.05) is 13.0 Å². The average Bonchev–Trinajstić information content (AvgIpc) is 1.88. The molecule has 0 radical (unpaired) electrons. The van der Waals surface area contributed by atoms with E-state index in [0.717, 1.165) is 11.3 Å². The third-order valence-corrected chi connectivity index (χ3v) is 1.59. The molecule has 0 fully saturated rings. The van der Waals surface area contributed by atoms with Crippen molar-refractivity contribution >= 4 is 17.3 Å². The average molecular weight is 157 g/mol. The van der Waals surface area contributed by atoms with Crippen LogP contribution in [-0.2, 0) is 5.88 Å². The summed E-state index contributed by atoms with van der Waals surface area (Å²) in [7, 11) is 0. The Morgan fingerprint density at radius 2 is 2.40 bits per heavy atom. The van der Waals surface area contributed by atoms with Crippen LogP contribution < -0.4 is 5.73 Å². The SMILES string of the molecule is Cc1cc(N)cnc1CCl. The van der Waals surface area contributed by atoms with E-state index in [4.69, 9.17) is 17.3 Å². The number of aromatic nitrogens is 1. The number of pyridine rings is 1. The lowest BCUT2D eigenvalue weighted by Crippen LogP contribution is -1.93. The van der Waals surface area contributed by atoms with Gasteiger partial charge in [0.2, 0.25) is 0 Å². The van der Waals surface area contributed by atoms with E-state index in [-0.39, 0.29) is 0 Å². The molecule has 10 heavy (non-hydrogen) atoms. The van der Waals surface area contributed by atoms with Gasteiger partial charge in [-0.2, -0.15) is 0 Å². The van der Waals surface area contributed by atoms with Crippen molar-refractivity contribution in [1.82, 2.24) is 4.98 Å².